The van der Waals surface area contributed by atoms with Gasteiger partial charge in [-0.3, -0.25) is 4.79 Å². The molecule has 1 aromatic rings. The van der Waals surface area contributed by atoms with Crippen LogP contribution in [0.1, 0.15) is 35.4 Å². The van der Waals surface area contributed by atoms with Crippen LogP contribution in [0.5, 0.6) is 0 Å². The van der Waals surface area contributed by atoms with Crippen molar-refractivity contribution >= 4 is 5.78 Å². The van der Waals surface area contributed by atoms with Crippen molar-refractivity contribution in [3.05, 3.63) is 45.8 Å². The summed E-state index contributed by atoms with van der Waals surface area (Å²) in [7, 11) is 0. The molecule has 2 N–H and O–H groups in total. The maximum Gasteiger partial charge on any atom is 0.159 e. The van der Waals surface area contributed by atoms with Crippen molar-refractivity contribution in [2.75, 3.05) is 6.54 Å². The fourth-order valence-corrected chi connectivity index (χ4v) is 1.56. The molecule has 18 heavy (non-hydrogen) atoms. The molecule has 2 atom stereocenters. The number of hydrogen-bond donors (Lipinski definition) is 2. The van der Waals surface area contributed by atoms with Crippen LogP contribution in [0.2, 0.25) is 0 Å². The van der Waals surface area contributed by atoms with Crippen LogP contribution in [0.4, 0.5) is 0 Å². The van der Waals surface area contributed by atoms with Gasteiger partial charge < -0.3 is 10.2 Å². The number of azide groups is 1. The van der Waals surface area contributed by atoms with Gasteiger partial charge in [0.15, 0.2) is 5.78 Å². The number of benzene rings is 1. The second-order valence-electron chi connectivity index (χ2n) is 3.94. The highest BCUT2D eigenvalue weighted by atomic mass is 16.3. The number of hydrogen-bond acceptors (Lipinski definition) is 4. The summed E-state index contributed by atoms with van der Waals surface area (Å²) < 4.78 is 0. The zero-order valence-corrected chi connectivity index (χ0v) is 10.0. The molecule has 0 saturated carbocycles. The molecule has 0 bridgehead atoms. The zero-order chi connectivity index (χ0) is 13.5. The first kappa shape index (κ1) is 14.2. The summed E-state index contributed by atoms with van der Waals surface area (Å²) in [5.41, 5.74) is 9.06. The number of carbonyl (C=O) groups excluding carboxylic acids is 1. The lowest BCUT2D eigenvalue weighted by Gasteiger charge is -2.17. The molecule has 0 aliphatic heterocycles. The van der Waals surface area contributed by atoms with Gasteiger partial charge in [-0.25, -0.2) is 0 Å². The van der Waals surface area contributed by atoms with E-state index in [0.29, 0.717) is 11.1 Å². The summed E-state index contributed by atoms with van der Waals surface area (Å²) >= 11 is 0. The summed E-state index contributed by atoms with van der Waals surface area (Å²) in [5.74, 6) is -0.104. The van der Waals surface area contributed by atoms with Gasteiger partial charge in [0.05, 0.1) is 6.10 Å². The highest BCUT2D eigenvalue weighted by molar-refractivity contribution is 5.94. The number of rotatable bonds is 6. The van der Waals surface area contributed by atoms with Gasteiger partial charge >= 0.3 is 0 Å². The van der Waals surface area contributed by atoms with Crippen LogP contribution in [0.15, 0.2) is 29.4 Å². The summed E-state index contributed by atoms with van der Waals surface area (Å²) in [6.45, 7) is 1.55. The number of nitrogens with zero attached hydrogens (tertiary/aromatic N) is 3. The van der Waals surface area contributed by atoms with E-state index in [0.717, 1.165) is 0 Å². The lowest BCUT2D eigenvalue weighted by atomic mass is 9.99. The maximum absolute atomic E-state index is 11.2. The fourth-order valence-electron chi connectivity index (χ4n) is 1.56. The Morgan fingerprint density at radius 2 is 2.22 bits per heavy atom. The first-order valence-corrected chi connectivity index (χ1v) is 5.54. The first-order chi connectivity index (χ1) is 8.56. The maximum atomic E-state index is 11.2. The lowest BCUT2D eigenvalue weighted by molar-refractivity contribution is 0.0150. The number of aliphatic hydroxyl groups is 2. The van der Waals surface area contributed by atoms with Gasteiger partial charge in [-0.15, -0.1) is 0 Å². The quantitative estimate of drug-likeness (QED) is 0.348. The van der Waals surface area contributed by atoms with Gasteiger partial charge in [-0.2, -0.15) is 0 Å². The molecule has 0 fully saturated rings. The molecular formula is C12H15N3O3. The Balaban J connectivity index is 2.76. The van der Waals surface area contributed by atoms with E-state index >= 15 is 0 Å². The number of Topliss-reactive ketones (excluding diaryl/α,β-unsaturated/α-hetero) is 1. The van der Waals surface area contributed by atoms with Gasteiger partial charge in [0.25, 0.3) is 0 Å². The average molecular weight is 249 g/mol. The second-order valence-corrected chi connectivity index (χ2v) is 3.94. The van der Waals surface area contributed by atoms with E-state index in [4.69, 9.17) is 5.53 Å². The molecule has 0 aliphatic rings. The first-order valence-electron chi connectivity index (χ1n) is 5.54. The largest absolute Gasteiger partial charge is 0.390 e. The van der Waals surface area contributed by atoms with Crippen molar-refractivity contribution in [3.63, 3.8) is 0 Å². The molecule has 0 spiro atoms. The van der Waals surface area contributed by atoms with E-state index in [1.54, 1.807) is 24.3 Å². The standard InChI is InChI=1S/C12H15N3O3/c1-8(16)9-3-2-4-10(7-9)12(18)11(17)5-6-14-15-13/h2-4,7,11-12,17-18H,5-6H2,1H3. The number of aliphatic hydroxyl groups excluding tert-OH is 2. The Bertz CT molecular complexity index is 469. The average Bonchev–Trinajstić information content (AvgIpc) is 2.38. The van der Waals surface area contributed by atoms with E-state index in [9.17, 15) is 15.0 Å². The zero-order valence-electron chi connectivity index (χ0n) is 10.0. The summed E-state index contributed by atoms with van der Waals surface area (Å²) in [5, 5.41) is 22.9. The minimum atomic E-state index is -1.10. The predicted molar refractivity (Wildman–Crippen MR) is 66.0 cm³/mol. The van der Waals surface area contributed by atoms with Crippen molar-refractivity contribution in [2.45, 2.75) is 25.6 Å². The molecule has 2 unspecified atom stereocenters. The normalized spacial score (nSPS) is 13.5. The topological polar surface area (TPSA) is 106 Å². The van der Waals surface area contributed by atoms with E-state index < -0.39 is 12.2 Å². The molecule has 0 amide bonds. The van der Waals surface area contributed by atoms with Crippen LogP contribution >= 0.6 is 0 Å². The van der Waals surface area contributed by atoms with E-state index in [2.05, 4.69) is 10.0 Å². The monoisotopic (exact) mass is 249 g/mol. The molecule has 0 radical (unpaired) electrons. The molecule has 6 nitrogen and oxygen atoms in total. The third-order valence-corrected chi connectivity index (χ3v) is 2.59. The third kappa shape index (κ3) is 3.85. The molecule has 1 rings (SSSR count). The fraction of sp³-hybridized carbons (Fsp3) is 0.417. The molecule has 0 aliphatic carbocycles. The summed E-state index contributed by atoms with van der Waals surface area (Å²) in [4.78, 5) is 13.8. The molecule has 1 aromatic carbocycles. The van der Waals surface area contributed by atoms with Crippen molar-refractivity contribution in [3.8, 4) is 0 Å². The van der Waals surface area contributed by atoms with E-state index in [1.165, 1.54) is 6.92 Å². The van der Waals surface area contributed by atoms with Crippen LogP contribution in [0.25, 0.3) is 10.4 Å². The predicted octanol–water partition coefficient (Wildman–Crippen LogP) is 1.98. The van der Waals surface area contributed by atoms with Crippen molar-refractivity contribution in [1.29, 1.82) is 0 Å². The van der Waals surface area contributed by atoms with Crippen LogP contribution in [-0.2, 0) is 0 Å². The number of carbonyl (C=O) groups is 1. The molecule has 6 heteroatoms. The molecule has 0 saturated heterocycles. The van der Waals surface area contributed by atoms with Crippen LogP contribution in [0.3, 0.4) is 0 Å². The molecule has 0 heterocycles. The molecule has 0 aromatic heterocycles. The number of ketones is 1. The summed E-state index contributed by atoms with van der Waals surface area (Å²) in [6.07, 6.45) is -1.97. The van der Waals surface area contributed by atoms with Crippen LogP contribution in [-0.4, -0.2) is 28.6 Å². The SMILES string of the molecule is CC(=O)c1cccc(C(O)C(O)CCN=[N+]=[N-])c1. The minimum absolute atomic E-state index is 0.104. The minimum Gasteiger partial charge on any atom is -0.390 e. The van der Waals surface area contributed by atoms with Gasteiger partial charge in [0.2, 0.25) is 0 Å². The smallest absolute Gasteiger partial charge is 0.159 e. The van der Waals surface area contributed by atoms with Gasteiger partial charge in [-0.05, 0) is 30.5 Å². The molecule has 96 valence electrons. The Hall–Kier alpha value is -1.88. The highest BCUT2D eigenvalue weighted by Gasteiger charge is 2.18. The van der Waals surface area contributed by atoms with Gasteiger partial charge in [0.1, 0.15) is 6.10 Å². The third-order valence-electron chi connectivity index (χ3n) is 2.59. The summed E-state index contributed by atoms with van der Waals surface area (Å²) in [6, 6.07) is 6.47. The van der Waals surface area contributed by atoms with Crippen molar-refractivity contribution < 1.29 is 15.0 Å². The highest BCUT2D eigenvalue weighted by Crippen LogP contribution is 2.20. The van der Waals surface area contributed by atoms with Crippen LogP contribution in [0, 0.1) is 0 Å². The van der Waals surface area contributed by atoms with E-state index in [-0.39, 0.29) is 18.7 Å². The Morgan fingerprint density at radius 1 is 1.50 bits per heavy atom. The van der Waals surface area contributed by atoms with Crippen molar-refractivity contribution in [2.24, 2.45) is 5.11 Å². The van der Waals surface area contributed by atoms with Crippen molar-refractivity contribution in [1.82, 2.24) is 0 Å². The van der Waals surface area contributed by atoms with E-state index in [1.807, 2.05) is 0 Å². The Labute approximate surface area is 105 Å². The Morgan fingerprint density at radius 3 is 2.83 bits per heavy atom. The van der Waals surface area contributed by atoms with Gasteiger partial charge in [0, 0.05) is 17.0 Å². The lowest BCUT2D eigenvalue weighted by Crippen LogP contribution is -2.19. The molecular weight excluding hydrogens is 234 g/mol. The van der Waals surface area contributed by atoms with Crippen LogP contribution < -0.4 is 0 Å². The van der Waals surface area contributed by atoms with Gasteiger partial charge in [-0.1, -0.05) is 23.3 Å². The second kappa shape index (κ2) is 6.76. The Kier molecular flexibility index (Phi) is 5.32.